The highest BCUT2D eigenvalue weighted by atomic mass is 35.5. The van der Waals surface area contributed by atoms with Crippen molar-refractivity contribution in [3.05, 3.63) is 57.5 Å². The Hall–Kier alpha value is -1.96. The van der Waals surface area contributed by atoms with Crippen LogP contribution in [0.4, 0.5) is 0 Å². The van der Waals surface area contributed by atoms with Gasteiger partial charge in [-0.2, -0.15) is 0 Å². The van der Waals surface area contributed by atoms with Gasteiger partial charge in [0.1, 0.15) is 6.54 Å². The zero-order valence-electron chi connectivity index (χ0n) is 15.7. The molecule has 0 aliphatic carbocycles. The van der Waals surface area contributed by atoms with Crippen LogP contribution in [-0.2, 0) is 21.8 Å². The maximum Gasteiger partial charge on any atom is 0.240 e. The zero-order valence-corrected chi connectivity index (χ0v) is 17.2. The molecule has 2 heterocycles. The van der Waals surface area contributed by atoms with Crippen LogP contribution in [0.3, 0.4) is 0 Å². The molecule has 1 atom stereocenters. The Bertz CT molecular complexity index is 863. The van der Waals surface area contributed by atoms with E-state index in [4.69, 9.17) is 21.1 Å². The number of hydrogen-bond donors (Lipinski definition) is 1. The van der Waals surface area contributed by atoms with Crippen molar-refractivity contribution in [1.29, 1.82) is 0 Å². The largest absolute Gasteiger partial charge is 0.491 e. The number of ether oxygens (including phenoxy) is 2. The second-order valence-electron chi connectivity index (χ2n) is 6.51. The van der Waals surface area contributed by atoms with Gasteiger partial charge in [0.15, 0.2) is 5.75 Å². The Morgan fingerprint density at radius 1 is 1.39 bits per heavy atom. The molecule has 0 radical (unpaired) electrons. The van der Waals surface area contributed by atoms with E-state index in [0.717, 1.165) is 30.0 Å². The molecule has 2 aromatic rings. The highest BCUT2D eigenvalue weighted by Gasteiger charge is 2.17. The van der Waals surface area contributed by atoms with E-state index in [1.54, 1.807) is 22.5 Å². The average molecular weight is 423 g/mol. The fraction of sp³-hybridized carbons (Fsp3) is 0.400. The molecule has 1 saturated heterocycles. The number of benzene rings is 1. The Morgan fingerprint density at radius 3 is 2.86 bits per heavy atom. The lowest BCUT2D eigenvalue weighted by molar-refractivity contribution is -0.122. The summed E-state index contributed by atoms with van der Waals surface area (Å²) in [5.74, 6) is 0.631. The summed E-state index contributed by atoms with van der Waals surface area (Å²) in [6, 6.07) is 9.02. The highest BCUT2D eigenvalue weighted by molar-refractivity contribution is 7.98. The van der Waals surface area contributed by atoms with E-state index in [1.165, 1.54) is 13.2 Å². The zero-order chi connectivity index (χ0) is 19.9. The van der Waals surface area contributed by atoms with Crippen molar-refractivity contribution in [2.45, 2.75) is 36.1 Å². The van der Waals surface area contributed by atoms with E-state index in [2.05, 4.69) is 5.32 Å². The molecule has 1 fully saturated rings. The number of methoxy groups -OCH3 is 1. The van der Waals surface area contributed by atoms with Crippen LogP contribution in [0.25, 0.3) is 0 Å². The minimum atomic E-state index is -0.204. The average Bonchev–Trinajstić information content (AvgIpc) is 3.21. The van der Waals surface area contributed by atoms with Crippen molar-refractivity contribution in [3.8, 4) is 5.75 Å². The number of nitrogens with zero attached hydrogens (tertiary/aromatic N) is 1. The van der Waals surface area contributed by atoms with E-state index in [9.17, 15) is 9.59 Å². The van der Waals surface area contributed by atoms with Crippen molar-refractivity contribution in [2.75, 3.05) is 20.3 Å². The van der Waals surface area contributed by atoms with Crippen LogP contribution in [0.5, 0.6) is 5.75 Å². The van der Waals surface area contributed by atoms with Gasteiger partial charge in [0.2, 0.25) is 11.3 Å². The lowest BCUT2D eigenvalue weighted by Gasteiger charge is -2.16. The van der Waals surface area contributed by atoms with Crippen LogP contribution >= 0.6 is 23.4 Å². The van der Waals surface area contributed by atoms with Gasteiger partial charge in [0.05, 0.1) is 19.4 Å². The summed E-state index contributed by atoms with van der Waals surface area (Å²) in [5.41, 5.74) is 0.545. The van der Waals surface area contributed by atoms with Crippen molar-refractivity contribution in [3.63, 3.8) is 0 Å². The van der Waals surface area contributed by atoms with E-state index in [-0.39, 0.29) is 29.7 Å². The molecule has 1 N–H and O–H groups in total. The molecule has 8 heteroatoms. The summed E-state index contributed by atoms with van der Waals surface area (Å²) in [5, 5.41) is 3.58. The van der Waals surface area contributed by atoms with Crippen molar-refractivity contribution in [2.24, 2.45) is 0 Å². The third-order valence-corrected chi connectivity index (χ3v) is 5.77. The predicted molar refractivity (Wildman–Crippen MR) is 110 cm³/mol. The third-order valence-electron chi connectivity index (χ3n) is 4.47. The molecule has 1 amide bonds. The SMILES string of the molecule is COc1cn(CC(=O)NC[C@@H]2CCCO2)c(CSc2ccc(Cl)cc2)cc1=O. The molecule has 1 aliphatic rings. The van der Waals surface area contributed by atoms with Crippen LogP contribution in [0.2, 0.25) is 5.02 Å². The number of aromatic nitrogens is 1. The first kappa shape index (κ1) is 20.8. The number of thioether (sulfide) groups is 1. The van der Waals surface area contributed by atoms with Crippen LogP contribution < -0.4 is 15.5 Å². The Morgan fingerprint density at radius 2 is 2.18 bits per heavy atom. The maximum absolute atomic E-state index is 12.4. The normalized spacial score (nSPS) is 16.1. The van der Waals surface area contributed by atoms with Crippen LogP contribution in [0, 0.1) is 0 Å². The van der Waals surface area contributed by atoms with Crippen LogP contribution in [0.15, 0.2) is 46.2 Å². The van der Waals surface area contributed by atoms with Crippen LogP contribution in [0.1, 0.15) is 18.5 Å². The number of carbonyl (C=O) groups is 1. The van der Waals surface area contributed by atoms with Gasteiger partial charge >= 0.3 is 0 Å². The molecule has 3 rings (SSSR count). The summed E-state index contributed by atoms with van der Waals surface area (Å²) < 4.78 is 12.4. The molecule has 1 aliphatic heterocycles. The summed E-state index contributed by atoms with van der Waals surface area (Å²) in [7, 11) is 1.45. The Balaban J connectivity index is 1.69. The minimum Gasteiger partial charge on any atom is -0.491 e. The van der Waals surface area contributed by atoms with E-state index in [0.29, 0.717) is 17.3 Å². The van der Waals surface area contributed by atoms with Gasteiger partial charge in [0, 0.05) is 40.6 Å². The molecule has 28 heavy (non-hydrogen) atoms. The standard InChI is InChI=1S/C20H23ClN2O4S/c1-26-19-11-23(12-20(25)22-10-16-3-2-8-27-16)15(9-18(19)24)13-28-17-6-4-14(21)5-7-17/h4-7,9,11,16H,2-3,8,10,12-13H2,1H3,(H,22,25)/t16-/m0/s1. The molecule has 0 unspecified atom stereocenters. The monoisotopic (exact) mass is 422 g/mol. The number of amides is 1. The molecule has 1 aromatic heterocycles. The molecule has 1 aromatic carbocycles. The Labute approximate surface area is 173 Å². The first-order chi connectivity index (χ1) is 13.5. The first-order valence-corrected chi connectivity index (χ1v) is 10.5. The van der Waals surface area contributed by atoms with Crippen molar-refractivity contribution in [1.82, 2.24) is 9.88 Å². The molecule has 0 saturated carbocycles. The number of nitrogens with one attached hydrogen (secondary N) is 1. The highest BCUT2D eigenvalue weighted by Crippen LogP contribution is 2.24. The number of carbonyl (C=O) groups excluding carboxylic acids is 1. The number of hydrogen-bond acceptors (Lipinski definition) is 5. The van der Waals surface area contributed by atoms with E-state index < -0.39 is 0 Å². The quantitative estimate of drug-likeness (QED) is 0.662. The second-order valence-corrected chi connectivity index (χ2v) is 7.99. The summed E-state index contributed by atoms with van der Waals surface area (Å²) >= 11 is 7.49. The molecule has 150 valence electrons. The van der Waals surface area contributed by atoms with Crippen molar-refractivity contribution < 1.29 is 14.3 Å². The molecule has 6 nitrogen and oxygen atoms in total. The predicted octanol–water partition coefficient (Wildman–Crippen LogP) is 3.10. The topological polar surface area (TPSA) is 69.6 Å². The van der Waals surface area contributed by atoms with Gasteiger partial charge in [-0.15, -0.1) is 11.8 Å². The molecular weight excluding hydrogens is 400 g/mol. The van der Waals surface area contributed by atoms with Crippen LogP contribution in [-0.4, -0.2) is 36.8 Å². The number of halogens is 1. The molecular formula is C20H23ClN2O4S. The summed E-state index contributed by atoms with van der Waals surface area (Å²) in [6.07, 6.45) is 3.68. The Kier molecular flexibility index (Phi) is 7.42. The first-order valence-electron chi connectivity index (χ1n) is 9.09. The molecule has 0 bridgehead atoms. The fourth-order valence-electron chi connectivity index (χ4n) is 2.95. The van der Waals surface area contributed by atoms with Gasteiger partial charge < -0.3 is 19.4 Å². The number of pyridine rings is 1. The lowest BCUT2D eigenvalue weighted by Crippen LogP contribution is -2.34. The minimum absolute atomic E-state index is 0.0902. The maximum atomic E-state index is 12.4. The van der Waals surface area contributed by atoms with Gasteiger partial charge in [-0.05, 0) is 37.1 Å². The van der Waals surface area contributed by atoms with E-state index in [1.807, 2.05) is 24.3 Å². The molecule has 0 spiro atoms. The smallest absolute Gasteiger partial charge is 0.240 e. The van der Waals surface area contributed by atoms with E-state index >= 15 is 0 Å². The van der Waals surface area contributed by atoms with Gasteiger partial charge in [-0.1, -0.05) is 11.6 Å². The second kappa shape index (κ2) is 10.0. The fourth-order valence-corrected chi connectivity index (χ4v) is 3.97. The summed E-state index contributed by atoms with van der Waals surface area (Å²) in [4.78, 5) is 25.6. The summed E-state index contributed by atoms with van der Waals surface area (Å²) in [6.45, 7) is 1.37. The van der Waals surface area contributed by atoms with Gasteiger partial charge in [-0.25, -0.2) is 0 Å². The third kappa shape index (κ3) is 5.77. The number of rotatable bonds is 8. The van der Waals surface area contributed by atoms with Gasteiger partial charge in [-0.3, -0.25) is 9.59 Å². The van der Waals surface area contributed by atoms with Gasteiger partial charge in [0.25, 0.3) is 0 Å². The van der Waals surface area contributed by atoms with Crippen molar-refractivity contribution >= 4 is 29.3 Å². The lowest BCUT2D eigenvalue weighted by atomic mass is 10.2.